The first-order chi connectivity index (χ1) is 60.7. The Kier molecular flexibility index (Phi) is 42.1. The number of aliphatic hydroxyl groups is 2. The summed E-state index contributed by atoms with van der Waals surface area (Å²) in [7, 11) is 0. The molecule has 3 heterocycles. The van der Waals surface area contributed by atoms with Gasteiger partial charge in [0.05, 0.1) is 37.9 Å². The van der Waals surface area contributed by atoms with Crippen LogP contribution in [0.3, 0.4) is 0 Å². The lowest BCUT2D eigenvalue weighted by atomic mass is 9.97. The van der Waals surface area contributed by atoms with E-state index in [9.17, 15) is 131 Å². The molecular weight excluding hydrogens is 1700 g/mol. The fourth-order valence-corrected chi connectivity index (χ4v) is 14.0. The Morgan fingerprint density at radius 1 is 0.411 bits per heavy atom. The zero-order chi connectivity index (χ0) is 96.4. The second-order valence-electron chi connectivity index (χ2n) is 32.4. The number of hydrogen-bond acceptors (Lipinski definition) is 25. The van der Waals surface area contributed by atoms with Crippen molar-refractivity contribution in [3.05, 3.63) is 90.0 Å². The van der Waals surface area contributed by atoms with E-state index < -0.39 is 309 Å². The highest BCUT2D eigenvalue weighted by Gasteiger charge is 2.45. The Bertz CT molecular complexity index is 4480. The first-order valence-corrected chi connectivity index (χ1v) is 41.8. The molecular formula is C82H118N20O27. The van der Waals surface area contributed by atoms with E-state index in [1.54, 1.807) is 76.2 Å². The molecule has 17 amide bonds. The van der Waals surface area contributed by atoms with Crippen LogP contribution in [0.4, 0.5) is 0 Å². The van der Waals surface area contributed by atoms with Crippen LogP contribution in [0.2, 0.25) is 0 Å². The third-order valence-corrected chi connectivity index (χ3v) is 21.1. The Hall–Kier alpha value is -13.6. The highest BCUT2D eigenvalue weighted by Crippen LogP contribution is 2.23. The van der Waals surface area contributed by atoms with E-state index in [-0.39, 0.29) is 45.2 Å². The van der Waals surface area contributed by atoms with Gasteiger partial charge in [0.15, 0.2) is 0 Å². The molecule has 3 aromatic rings. The number of nitrogens with two attached hydrogens (primary N) is 3. The number of aromatic nitrogens is 2. The van der Waals surface area contributed by atoms with Gasteiger partial charge in [-0.05, 0) is 87.7 Å². The minimum absolute atomic E-state index is 0.0206. The number of aliphatic hydroxyl groups excluding tert-OH is 2. The van der Waals surface area contributed by atoms with Crippen LogP contribution in [0.5, 0.6) is 0 Å². The predicted octanol–water partition coefficient (Wildman–Crippen LogP) is -7.16. The molecule has 0 bridgehead atoms. The van der Waals surface area contributed by atoms with Crippen molar-refractivity contribution >= 4 is 124 Å². The molecule has 2 aliphatic rings. The molecule has 708 valence electrons. The molecule has 5 rings (SSSR count). The van der Waals surface area contributed by atoms with Gasteiger partial charge in [0.2, 0.25) is 100 Å². The van der Waals surface area contributed by atoms with Crippen molar-refractivity contribution < 1.29 is 131 Å². The zero-order valence-electron chi connectivity index (χ0n) is 72.5. The molecule has 1 aromatic heterocycles. The number of carbonyl (C=O) groups is 21. The molecule has 17 atom stereocenters. The summed E-state index contributed by atoms with van der Waals surface area (Å²) in [5.74, 6) is -26.6. The smallest absolute Gasteiger partial charge is 0.326 e. The fraction of sp³-hybridized carbons (Fsp3) is 0.561. The van der Waals surface area contributed by atoms with Gasteiger partial charge in [-0.15, -0.1) is 0 Å². The van der Waals surface area contributed by atoms with Crippen LogP contribution in [0.15, 0.2) is 73.2 Å². The molecule has 2 aromatic carbocycles. The molecule has 0 unspecified atom stereocenters. The van der Waals surface area contributed by atoms with Crippen molar-refractivity contribution in [2.45, 2.75) is 254 Å². The monoisotopic (exact) mass is 1810 g/mol. The van der Waals surface area contributed by atoms with Gasteiger partial charge in [-0.25, -0.2) is 9.78 Å². The van der Waals surface area contributed by atoms with Crippen LogP contribution in [0.25, 0.3) is 0 Å². The lowest BCUT2D eigenvalue weighted by Gasteiger charge is -2.31. The van der Waals surface area contributed by atoms with Crippen LogP contribution in [0, 0.1) is 17.8 Å². The predicted molar refractivity (Wildman–Crippen MR) is 450 cm³/mol. The Balaban J connectivity index is 1.30. The minimum Gasteiger partial charge on any atom is -0.481 e. The fourth-order valence-electron chi connectivity index (χ4n) is 14.0. The molecule has 0 saturated carbocycles. The number of carboxylic acid groups (broad SMARTS) is 4. The van der Waals surface area contributed by atoms with E-state index in [1.165, 1.54) is 43.4 Å². The lowest BCUT2D eigenvalue weighted by Crippen LogP contribution is -2.63. The van der Waals surface area contributed by atoms with E-state index in [4.69, 9.17) is 17.2 Å². The van der Waals surface area contributed by atoms with Crippen LogP contribution < -0.4 is 86.3 Å². The Morgan fingerprint density at radius 2 is 0.791 bits per heavy atom. The van der Waals surface area contributed by atoms with Crippen LogP contribution in [0.1, 0.15) is 149 Å². The van der Waals surface area contributed by atoms with Crippen LogP contribution in [-0.4, -0.2) is 297 Å². The summed E-state index contributed by atoms with van der Waals surface area (Å²) in [6, 6.07) is -10.2. The molecule has 0 spiro atoms. The molecule has 2 aliphatic heterocycles. The minimum atomic E-state index is -2.11. The van der Waals surface area contributed by atoms with Crippen LogP contribution in [-0.2, 0) is 120 Å². The number of likely N-dealkylation sites (tertiary alicyclic amines) is 2. The van der Waals surface area contributed by atoms with Gasteiger partial charge in [0.25, 0.3) is 0 Å². The number of rotatable bonds is 53. The number of nitrogens with one attached hydrogen (secondary N) is 14. The zero-order valence-corrected chi connectivity index (χ0v) is 72.5. The lowest BCUT2D eigenvalue weighted by molar-refractivity contribution is -0.149. The quantitative estimate of drug-likeness (QED) is 0.0250. The Morgan fingerprint density at radius 3 is 1.25 bits per heavy atom. The Labute approximate surface area is 740 Å². The second kappa shape index (κ2) is 51.3. The average Bonchev–Trinajstić information content (AvgIpc) is 1.72. The average molecular weight is 1820 g/mol. The number of carbonyl (C=O) groups excluding carboxylic acids is 17. The summed E-state index contributed by atoms with van der Waals surface area (Å²) in [4.78, 5) is 293. The molecule has 129 heavy (non-hydrogen) atoms. The number of aliphatic carboxylic acids is 4. The highest BCUT2D eigenvalue weighted by molar-refractivity contribution is 6.02. The topological polar surface area (TPSA) is 749 Å². The molecule has 47 heteroatoms. The largest absolute Gasteiger partial charge is 0.481 e. The number of H-pyrrole nitrogens is 1. The first kappa shape index (κ1) is 106. The molecule has 47 nitrogen and oxygen atoms in total. The maximum atomic E-state index is 14.6. The summed E-state index contributed by atoms with van der Waals surface area (Å²) in [5.41, 5.74) is 17.7. The van der Waals surface area contributed by atoms with Crippen LogP contribution >= 0.6 is 0 Å². The number of primary amides is 2. The van der Waals surface area contributed by atoms with Gasteiger partial charge in [0, 0.05) is 63.5 Å². The number of imidazole rings is 1. The van der Waals surface area contributed by atoms with E-state index in [0.717, 1.165) is 18.7 Å². The van der Waals surface area contributed by atoms with Crippen molar-refractivity contribution in [3.63, 3.8) is 0 Å². The molecule has 2 fully saturated rings. The van der Waals surface area contributed by atoms with E-state index in [2.05, 4.69) is 79.1 Å². The maximum Gasteiger partial charge on any atom is 0.326 e. The number of amides is 17. The van der Waals surface area contributed by atoms with Gasteiger partial charge in [0.1, 0.15) is 90.6 Å². The van der Waals surface area contributed by atoms with Crippen molar-refractivity contribution in [3.8, 4) is 0 Å². The normalized spacial score (nSPS) is 17.1. The third-order valence-electron chi connectivity index (χ3n) is 21.1. The first-order valence-electron chi connectivity index (χ1n) is 41.8. The summed E-state index contributed by atoms with van der Waals surface area (Å²) < 4.78 is 0. The van der Waals surface area contributed by atoms with Crippen molar-refractivity contribution in [2.75, 3.05) is 19.7 Å². The summed E-state index contributed by atoms with van der Waals surface area (Å²) >= 11 is 0. The van der Waals surface area contributed by atoms with Crippen molar-refractivity contribution in [1.29, 1.82) is 0 Å². The van der Waals surface area contributed by atoms with Gasteiger partial charge < -0.3 is 132 Å². The molecule has 0 aliphatic carbocycles. The summed E-state index contributed by atoms with van der Waals surface area (Å²) in [6.07, 6.45) is -5.72. The standard InChI is InChI=1S/C82H118N20O27/c1-39(2)63(76(122)95-53(32-45-19-13-10-14-20-45)80(126)102-30-16-22-57(102)82(128)129)98-78(124)65(41(5)6)99-77(123)64(40(3)4)97-70(116)50(25-28-61(109)110)91-79(125)66(43(8)104)100-71(117)48(23-26-58(84)105)90-74(120)55(37-103)96-75(121)56-21-15-29-101(56)81(127)54(35-62(111)112)94-73(119)51(31-44-17-11-9-12-18-44)93-69(115)49(24-27-60(107)108)89-67(113)42(7)88-72(118)52(33-46-36-86-38-87-46)92-68(114)47(83)34-59(85)106/h9-14,17-20,36,38-43,47-57,63-66,103-104H,15-16,21-35,37,83H2,1-8H3,(H2,84,105)(H2,85,106)(H,86,87)(H,88,118)(H,89,113)(H,90,120)(H,91,125)(H,92,114)(H,93,115)(H,94,119)(H,95,122)(H,96,121)(H,97,116)(H,98,124)(H,99,123)(H,100,117)(H,107,108)(H,109,110)(H,111,112)(H,128,129)/t42-,43+,47-,48-,49-,50-,51-,52-,53-,54-,55-,56-,57-,63-,64-,65-,66-/m0/s1. The van der Waals surface area contributed by atoms with Crippen molar-refractivity contribution in [2.24, 2.45) is 35.0 Å². The van der Waals surface area contributed by atoms with Gasteiger partial charge >= 0.3 is 23.9 Å². The second-order valence-corrected chi connectivity index (χ2v) is 32.4. The maximum absolute atomic E-state index is 14.6. The van der Waals surface area contributed by atoms with E-state index in [0.29, 0.717) is 23.2 Å². The molecule has 26 N–H and O–H groups in total. The number of hydrogen-bond donors (Lipinski definition) is 23. The molecule has 0 radical (unpaired) electrons. The summed E-state index contributed by atoms with van der Waals surface area (Å²) in [5, 5.41) is 92.2. The number of carboxylic acids is 4. The van der Waals surface area contributed by atoms with E-state index in [1.807, 2.05) is 0 Å². The highest BCUT2D eigenvalue weighted by atomic mass is 16.4. The van der Waals surface area contributed by atoms with Crippen molar-refractivity contribution in [1.82, 2.24) is 88.9 Å². The van der Waals surface area contributed by atoms with Gasteiger partial charge in [-0.3, -0.25) is 95.9 Å². The third kappa shape index (κ3) is 33.9. The summed E-state index contributed by atoms with van der Waals surface area (Å²) in [6.45, 7) is 9.98. The van der Waals surface area contributed by atoms with E-state index >= 15 is 0 Å². The number of nitrogens with zero attached hydrogens (tertiary/aromatic N) is 3. The SMILES string of the molecule is CC(C)[C@H](NC(=O)[C@H](CCC(=O)O)NC(=O)[C@@H](NC(=O)[C@H](CCC(N)=O)NC(=O)[C@H](CO)NC(=O)[C@@H]1CCCN1C(=O)[C@H](CC(=O)O)NC(=O)[C@H](Cc1ccccc1)NC(=O)[C@H](CCC(=O)O)NC(=O)[C@H](C)NC(=O)[C@H](Cc1cnc[nH]1)NC(=O)[C@@H](N)CC(N)=O)[C@@H](C)O)C(=O)N[C@H](C(=O)N[C@H](C(=O)N[C@@H](Cc1ccccc1)C(=O)N1CCC[C@H]1C(=O)O)C(C)C)C(C)C. The molecule has 2 saturated heterocycles. The van der Waals surface area contributed by atoms with Gasteiger partial charge in [-0.2, -0.15) is 0 Å². The number of benzene rings is 2. The number of aromatic amines is 1. The van der Waals surface area contributed by atoms with Gasteiger partial charge in [-0.1, -0.05) is 102 Å².